The fraction of sp³-hybridized carbons (Fsp3) is 0.200. The first-order chi connectivity index (χ1) is 14.9. The Morgan fingerprint density at radius 3 is 2.48 bits per heavy atom. The zero-order valence-electron chi connectivity index (χ0n) is 17.1. The van der Waals surface area contributed by atoms with E-state index in [1.54, 1.807) is 66.6 Å². The highest BCUT2D eigenvalue weighted by Gasteiger charge is 2.13. The van der Waals surface area contributed by atoms with Gasteiger partial charge in [0.2, 0.25) is 10.0 Å². The molecule has 0 fully saturated rings. The molecule has 0 amide bonds. The zero-order valence-corrected chi connectivity index (χ0v) is 17.9. The predicted octanol–water partition coefficient (Wildman–Crippen LogP) is 1.86. The number of hydrogen-bond donors (Lipinski definition) is 2. The van der Waals surface area contributed by atoms with E-state index in [1.807, 2.05) is 17.7 Å². The van der Waals surface area contributed by atoms with E-state index in [1.165, 1.54) is 0 Å². The molecule has 0 unspecified atom stereocenters. The average Bonchev–Trinajstić information content (AvgIpc) is 3.43. The van der Waals surface area contributed by atoms with E-state index in [2.05, 4.69) is 30.1 Å². The number of sulfonamides is 1. The maximum atomic E-state index is 12.5. The topological polar surface area (TPSA) is 120 Å². The molecule has 3 aromatic heterocycles. The summed E-state index contributed by atoms with van der Waals surface area (Å²) < 4.78 is 31.2. The van der Waals surface area contributed by atoms with Crippen LogP contribution in [-0.4, -0.2) is 50.8 Å². The first kappa shape index (κ1) is 20.7. The average molecular weight is 439 g/mol. The third-order valence-corrected chi connectivity index (χ3v) is 6.01. The van der Waals surface area contributed by atoms with Gasteiger partial charge < -0.3 is 5.32 Å². The molecule has 4 aromatic rings. The Bertz CT molecular complexity index is 1270. The molecule has 2 N–H and O–H groups in total. The monoisotopic (exact) mass is 438 g/mol. The molecule has 1 aromatic carbocycles. The lowest BCUT2D eigenvalue weighted by Crippen LogP contribution is -2.29. The van der Waals surface area contributed by atoms with Crippen LogP contribution >= 0.6 is 0 Å². The highest BCUT2D eigenvalue weighted by atomic mass is 32.2. The number of hydrogen-bond acceptors (Lipinski definition) is 7. The van der Waals surface area contributed by atoms with Gasteiger partial charge in [0.05, 0.1) is 10.6 Å². The molecule has 11 heteroatoms. The summed E-state index contributed by atoms with van der Waals surface area (Å²) in [6, 6.07) is 10.1. The van der Waals surface area contributed by atoms with Crippen molar-refractivity contribution >= 4 is 15.8 Å². The van der Waals surface area contributed by atoms with Gasteiger partial charge in [0.1, 0.15) is 23.3 Å². The summed E-state index contributed by atoms with van der Waals surface area (Å²) in [4.78, 5) is 13.2. The van der Waals surface area contributed by atoms with Crippen molar-refractivity contribution in [2.45, 2.75) is 18.7 Å². The third-order valence-electron chi connectivity index (χ3n) is 4.54. The van der Waals surface area contributed by atoms with E-state index in [9.17, 15) is 8.42 Å². The number of nitrogens with one attached hydrogen (secondary N) is 2. The summed E-state index contributed by atoms with van der Waals surface area (Å²) in [6.07, 6.45) is 6.99. The van der Waals surface area contributed by atoms with Crippen LogP contribution in [-0.2, 0) is 10.0 Å². The van der Waals surface area contributed by atoms with Gasteiger partial charge in [0.15, 0.2) is 0 Å². The molecule has 31 heavy (non-hydrogen) atoms. The highest BCUT2D eigenvalue weighted by molar-refractivity contribution is 7.89. The van der Waals surface area contributed by atoms with Crippen molar-refractivity contribution in [3.8, 4) is 11.5 Å². The molecule has 0 bridgehead atoms. The lowest BCUT2D eigenvalue weighted by Gasteiger charge is -2.11. The van der Waals surface area contributed by atoms with Crippen molar-refractivity contribution in [3.05, 3.63) is 72.8 Å². The normalized spacial score (nSPS) is 11.5. The van der Waals surface area contributed by atoms with Crippen molar-refractivity contribution in [3.63, 3.8) is 0 Å². The van der Waals surface area contributed by atoms with Crippen LogP contribution in [0.3, 0.4) is 0 Å². The Kier molecular flexibility index (Phi) is 5.78. The summed E-state index contributed by atoms with van der Waals surface area (Å²) in [7, 11) is -3.62. The minimum Gasteiger partial charge on any atom is -0.369 e. The van der Waals surface area contributed by atoms with Crippen LogP contribution in [0.1, 0.15) is 11.6 Å². The molecule has 0 aliphatic carbocycles. The zero-order chi connectivity index (χ0) is 21.8. The van der Waals surface area contributed by atoms with Gasteiger partial charge in [0, 0.05) is 43.9 Å². The van der Waals surface area contributed by atoms with E-state index in [0.29, 0.717) is 24.0 Å². The number of imidazole rings is 1. The summed E-state index contributed by atoms with van der Waals surface area (Å²) in [5.74, 6) is 2.72. The maximum Gasteiger partial charge on any atom is 0.240 e. The van der Waals surface area contributed by atoms with Gasteiger partial charge in [-0.2, -0.15) is 5.10 Å². The van der Waals surface area contributed by atoms with Gasteiger partial charge in [-0.25, -0.2) is 32.8 Å². The summed E-state index contributed by atoms with van der Waals surface area (Å²) in [5.41, 5.74) is 0.786. The summed E-state index contributed by atoms with van der Waals surface area (Å²) >= 11 is 0. The van der Waals surface area contributed by atoms with Gasteiger partial charge in [-0.05, 0) is 44.2 Å². The molecule has 0 aliphatic rings. The Morgan fingerprint density at radius 1 is 1.00 bits per heavy atom. The van der Waals surface area contributed by atoms with Crippen LogP contribution in [0.25, 0.3) is 11.5 Å². The third kappa shape index (κ3) is 4.78. The fourth-order valence-corrected chi connectivity index (χ4v) is 4.08. The summed E-state index contributed by atoms with van der Waals surface area (Å²) in [5, 5.41) is 7.26. The largest absolute Gasteiger partial charge is 0.369 e. The van der Waals surface area contributed by atoms with E-state index in [4.69, 9.17) is 0 Å². The van der Waals surface area contributed by atoms with Crippen molar-refractivity contribution < 1.29 is 8.42 Å². The molecule has 0 aliphatic heterocycles. The lowest BCUT2D eigenvalue weighted by atomic mass is 10.3. The van der Waals surface area contributed by atoms with Gasteiger partial charge in [-0.1, -0.05) is 0 Å². The SMILES string of the molecule is Cc1nc(NCCNS(=O)(=O)c2ccc(-n3cccn3)cc2)cc(-n2ccnc2C)n1. The number of benzene rings is 1. The second-order valence-electron chi connectivity index (χ2n) is 6.77. The minimum absolute atomic E-state index is 0.194. The molecule has 0 spiro atoms. The number of nitrogens with zero attached hydrogens (tertiary/aromatic N) is 6. The molecule has 160 valence electrons. The van der Waals surface area contributed by atoms with Crippen molar-refractivity contribution in [2.75, 3.05) is 18.4 Å². The van der Waals surface area contributed by atoms with Crippen LogP contribution in [0, 0.1) is 13.8 Å². The standard InChI is InChI=1S/C20H22N8O2S/c1-15-25-19(14-20(26-15)27-13-11-21-16(27)2)22-9-10-24-31(29,30)18-6-4-17(5-7-18)28-12-3-8-23-28/h3-8,11-14,24H,9-10H2,1-2H3,(H,22,25,26). The maximum absolute atomic E-state index is 12.5. The molecule has 0 saturated heterocycles. The molecule has 10 nitrogen and oxygen atoms in total. The van der Waals surface area contributed by atoms with E-state index < -0.39 is 10.0 Å². The van der Waals surface area contributed by atoms with E-state index >= 15 is 0 Å². The molecule has 0 saturated carbocycles. The lowest BCUT2D eigenvalue weighted by molar-refractivity contribution is 0.583. The van der Waals surface area contributed by atoms with Crippen molar-refractivity contribution in [1.29, 1.82) is 0 Å². The van der Waals surface area contributed by atoms with Crippen LogP contribution in [0.5, 0.6) is 0 Å². The Morgan fingerprint density at radius 2 is 1.81 bits per heavy atom. The van der Waals surface area contributed by atoms with Crippen LogP contribution in [0.15, 0.2) is 66.1 Å². The second-order valence-corrected chi connectivity index (χ2v) is 8.54. The second kappa shape index (κ2) is 8.66. The number of aromatic nitrogens is 6. The Balaban J connectivity index is 1.36. The quantitative estimate of drug-likeness (QED) is 0.403. The number of aryl methyl sites for hydroxylation is 2. The van der Waals surface area contributed by atoms with Crippen molar-refractivity contribution in [2.24, 2.45) is 0 Å². The van der Waals surface area contributed by atoms with Crippen LogP contribution < -0.4 is 10.0 Å². The molecule has 3 heterocycles. The van der Waals surface area contributed by atoms with Gasteiger partial charge >= 0.3 is 0 Å². The molecule has 4 rings (SSSR count). The Labute approximate surface area is 180 Å². The molecular weight excluding hydrogens is 416 g/mol. The predicted molar refractivity (Wildman–Crippen MR) is 116 cm³/mol. The van der Waals surface area contributed by atoms with Gasteiger partial charge in [0.25, 0.3) is 0 Å². The van der Waals surface area contributed by atoms with Crippen LogP contribution in [0.2, 0.25) is 0 Å². The van der Waals surface area contributed by atoms with Crippen LogP contribution in [0.4, 0.5) is 5.82 Å². The molecular formula is C20H22N8O2S. The highest BCUT2D eigenvalue weighted by Crippen LogP contribution is 2.14. The smallest absolute Gasteiger partial charge is 0.240 e. The minimum atomic E-state index is -3.62. The van der Waals surface area contributed by atoms with Crippen molar-refractivity contribution in [1.82, 2.24) is 34.0 Å². The number of rotatable bonds is 8. The fourth-order valence-electron chi connectivity index (χ4n) is 3.04. The summed E-state index contributed by atoms with van der Waals surface area (Å²) in [6.45, 7) is 4.26. The van der Waals surface area contributed by atoms with Gasteiger partial charge in [-0.15, -0.1) is 0 Å². The Hall–Kier alpha value is -3.57. The van der Waals surface area contributed by atoms with E-state index in [-0.39, 0.29) is 11.4 Å². The van der Waals surface area contributed by atoms with E-state index in [0.717, 1.165) is 11.5 Å². The molecule has 0 radical (unpaired) electrons. The van der Waals surface area contributed by atoms with Gasteiger partial charge in [-0.3, -0.25) is 4.57 Å². The first-order valence-corrected chi connectivity index (χ1v) is 11.1. The molecule has 0 atom stereocenters. The number of anilines is 1. The first-order valence-electron chi connectivity index (χ1n) is 9.62.